The molecule has 26 heavy (non-hydrogen) atoms. The van der Waals surface area contributed by atoms with Gasteiger partial charge in [0.2, 0.25) is 0 Å². The molecule has 1 aliphatic heterocycles. The van der Waals surface area contributed by atoms with Crippen molar-refractivity contribution in [1.82, 2.24) is 9.05 Å². The molecule has 0 amide bonds. The molecule has 1 heterocycles. The van der Waals surface area contributed by atoms with Crippen LogP contribution in [-0.4, -0.2) is 78.2 Å². The van der Waals surface area contributed by atoms with Gasteiger partial charge in [-0.3, -0.25) is 0 Å². The van der Waals surface area contributed by atoms with Gasteiger partial charge in [0.05, 0.1) is 0 Å². The first-order valence-corrected chi connectivity index (χ1v) is 13.6. The molecule has 0 fully saturated rings. The second-order valence-electron chi connectivity index (χ2n) is 5.69. The topological polar surface area (TPSA) is 175 Å². The van der Waals surface area contributed by atoms with Crippen molar-refractivity contribution in [2.75, 3.05) is 38.5 Å². The van der Waals surface area contributed by atoms with Gasteiger partial charge in [0, 0.05) is 0 Å². The molecular weight excluding hydrogens is 405 g/mol. The molecule has 0 saturated carbocycles. The molecule has 0 aromatic heterocycles. The third-order valence-corrected chi connectivity index (χ3v) is 16.4. The van der Waals surface area contributed by atoms with E-state index in [0.29, 0.717) is 0 Å². The van der Waals surface area contributed by atoms with E-state index in [1.165, 1.54) is 0 Å². The zero-order valence-corrected chi connectivity index (χ0v) is 16.7. The van der Waals surface area contributed by atoms with Crippen LogP contribution in [0.1, 0.15) is 0 Å². The number of hydrogen-bond acceptors (Lipinski definition) is 11. The van der Waals surface area contributed by atoms with Crippen LogP contribution in [0, 0.1) is 0 Å². The molecule has 150 valence electrons. The summed E-state index contributed by atoms with van der Waals surface area (Å²) in [5.74, 6) is 0.281. The summed E-state index contributed by atoms with van der Waals surface area (Å²) in [6, 6.07) is 8.29. The van der Waals surface area contributed by atoms with Crippen LogP contribution in [0.25, 0.3) is 0 Å². The van der Waals surface area contributed by atoms with E-state index in [-0.39, 0.29) is 5.75 Å². The van der Waals surface area contributed by atoms with Gasteiger partial charge in [-0.15, -0.1) is 0 Å². The summed E-state index contributed by atoms with van der Waals surface area (Å²) in [7, 11) is -9.72. The first kappa shape index (κ1) is 22.0. The second kappa shape index (κ2) is 8.41. The van der Waals surface area contributed by atoms with E-state index in [1.54, 1.807) is 30.3 Å². The third-order valence-electron chi connectivity index (χ3n) is 4.09. The molecule has 1 atom stereocenters. The first-order chi connectivity index (χ1) is 12.4. The predicted molar refractivity (Wildman–Crippen MR) is 101 cm³/mol. The number of aliphatic hydroxyl groups excluding tert-OH is 6. The molecule has 1 unspecified atom stereocenters. The van der Waals surface area contributed by atoms with Gasteiger partial charge in [0.15, 0.2) is 0 Å². The SMILES string of the molecule is NP1(CO)(CO)N(CO)P(CO)N=P(CO)(CO)N1Oc1ccccc1. The van der Waals surface area contributed by atoms with Crippen molar-refractivity contribution in [1.29, 1.82) is 0 Å². The van der Waals surface area contributed by atoms with Gasteiger partial charge in [-0.05, 0) is 0 Å². The number of aliphatic hydroxyl groups is 6. The Balaban J connectivity index is 2.76. The monoisotopic (exact) mass is 430 g/mol. The van der Waals surface area contributed by atoms with Gasteiger partial charge in [-0.1, -0.05) is 0 Å². The summed E-state index contributed by atoms with van der Waals surface area (Å²) in [4.78, 5) is 5.84. The van der Waals surface area contributed by atoms with Crippen LogP contribution in [0.2, 0.25) is 0 Å². The maximum atomic E-state index is 10.2. The van der Waals surface area contributed by atoms with Crippen molar-refractivity contribution in [3.8, 4) is 5.75 Å². The molecular formula is C12H25N4O7P3. The molecule has 0 aliphatic carbocycles. The van der Waals surface area contributed by atoms with E-state index in [4.69, 9.17) is 10.3 Å². The number of nitrogens with zero attached hydrogens (tertiary/aromatic N) is 3. The predicted octanol–water partition coefficient (Wildman–Crippen LogP) is -0.0181. The Morgan fingerprint density at radius 3 is 2.04 bits per heavy atom. The Morgan fingerprint density at radius 2 is 1.62 bits per heavy atom. The Bertz CT molecular complexity index is 655. The average Bonchev–Trinajstić information content (AvgIpc) is 2.70. The molecule has 0 radical (unpaired) electrons. The van der Waals surface area contributed by atoms with Gasteiger partial charge >= 0.3 is 152 Å². The first-order valence-electron chi connectivity index (χ1n) is 7.55. The summed E-state index contributed by atoms with van der Waals surface area (Å²) in [5, 5.41) is 60.1. The van der Waals surface area contributed by atoms with E-state index in [9.17, 15) is 30.6 Å². The van der Waals surface area contributed by atoms with Crippen molar-refractivity contribution in [3.05, 3.63) is 30.3 Å². The minimum atomic E-state index is -4.53. The fourth-order valence-electron chi connectivity index (χ4n) is 2.61. The van der Waals surface area contributed by atoms with Crippen LogP contribution in [0.5, 0.6) is 5.75 Å². The van der Waals surface area contributed by atoms with Crippen LogP contribution >= 0.6 is 22.5 Å². The summed E-state index contributed by atoms with van der Waals surface area (Å²) < 4.78 is 6.53. The Morgan fingerprint density at radius 1 is 1.04 bits per heavy atom. The Kier molecular flexibility index (Phi) is 7.13. The van der Waals surface area contributed by atoms with E-state index >= 15 is 0 Å². The van der Waals surface area contributed by atoms with E-state index in [0.717, 1.165) is 9.05 Å². The number of para-hydroxylation sites is 1. The zero-order chi connectivity index (χ0) is 19.4. The van der Waals surface area contributed by atoms with Gasteiger partial charge in [-0.2, -0.15) is 0 Å². The van der Waals surface area contributed by atoms with Crippen LogP contribution in [0.15, 0.2) is 34.8 Å². The van der Waals surface area contributed by atoms with Crippen molar-refractivity contribution in [2.45, 2.75) is 0 Å². The Hall–Kier alpha value is -0.250. The van der Waals surface area contributed by atoms with E-state index < -0.39 is 61.0 Å². The van der Waals surface area contributed by atoms with E-state index in [1.807, 2.05) is 0 Å². The normalized spacial score (nSPS) is 26.4. The number of hydrogen-bond donors (Lipinski definition) is 7. The summed E-state index contributed by atoms with van der Waals surface area (Å²) in [6.07, 6.45) is -3.46. The maximum absolute atomic E-state index is 10.2. The van der Waals surface area contributed by atoms with Crippen LogP contribution < -0.4 is 10.3 Å². The second-order valence-corrected chi connectivity index (χ2v) is 15.6. The fraction of sp³-hybridized carbons (Fsp3) is 0.500. The molecule has 0 bridgehead atoms. The van der Waals surface area contributed by atoms with Crippen LogP contribution in [0.3, 0.4) is 0 Å². The summed E-state index contributed by atoms with van der Waals surface area (Å²) in [5.41, 5.74) is 6.57. The van der Waals surface area contributed by atoms with Gasteiger partial charge < -0.3 is 0 Å². The average molecular weight is 430 g/mol. The van der Waals surface area contributed by atoms with E-state index in [2.05, 4.69) is 4.52 Å². The standard InChI is InChI=1S/C12H25N4O7P3/c13-26(10-21,11-22)15(6-17)24(7-18)14-25(8-19,9-20)16(26)23-12-4-2-1-3-5-12/h1-5,17-22H,6-11,13H2. The van der Waals surface area contributed by atoms with Crippen molar-refractivity contribution < 1.29 is 35.5 Å². The Labute approximate surface area is 152 Å². The van der Waals surface area contributed by atoms with Crippen molar-refractivity contribution in [2.24, 2.45) is 10.0 Å². The van der Waals surface area contributed by atoms with Crippen LogP contribution in [-0.2, 0) is 0 Å². The number of benzene rings is 1. The molecule has 0 saturated heterocycles. The molecule has 0 spiro atoms. The van der Waals surface area contributed by atoms with Crippen LogP contribution in [0.4, 0.5) is 0 Å². The van der Waals surface area contributed by atoms with Crippen molar-refractivity contribution in [3.63, 3.8) is 0 Å². The van der Waals surface area contributed by atoms with Gasteiger partial charge in [-0.25, -0.2) is 0 Å². The molecule has 11 nitrogen and oxygen atoms in total. The molecule has 1 aliphatic rings. The molecule has 1 aromatic rings. The fourth-order valence-corrected chi connectivity index (χ4v) is 15.5. The minimum absolute atomic E-state index is 0.281. The molecule has 2 rings (SSSR count). The quantitative estimate of drug-likeness (QED) is 0.278. The third kappa shape index (κ3) is 3.33. The molecule has 14 heteroatoms. The zero-order valence-electron chi connectivity index (χ0n) is 14.0. The number of rotatable bonds is 8. The van der Waals surface area contributed by atoms with Gasteiger partial charge in [0.1, 0.15) is 0 Å². The molecule has 8 N–H and O–H groups in total. The van der Waals surface area contributed by atoms with Crippen molar-refractivity contribution >= 4 is 22.5 Å². The molecule has 1 aromatic carbocycles. The number of nitrogens with two attached hydrogens (primary N) is 1. The summed E-state index contributed by atoms with van der Waals surface area (Å²) >= 11 is 0. The summed E-state index contributed by atoms with van der Waals surface area (Å²) in [6.45, 7) is -0.712. The van der Waals surface area contributed by atoms with Gasteiger partial charge in [0.25, 0.3) is 0 Å².